The topological polar surface area (TPSA) is 122 Å². The molecule has 1 fully saturated rings. The van der Waals surface area contributed by atoms with Crippen molar-refractivity contribution in [1.29, 1.82) is 0 Å². The van der Waals surface area contributed by atoms with Crippen LogP contribution in [0.2, 0.25) is 0 Å². The summed E-state index contributed by atoms with van der Waals surface area (Å²) in [5, 5.41) is 6.81. The third-order valence-electron chi connectivity index (χ3n) is 4.93. The molecule has 0 aliphatic carbocycles. The monoisotopic (exact) mass is 469 g/mol. The predicted octanol–water partition coefficient (Wildman–Crippen LogP) is 3.31. The maximum absolute atomic E-state index is 13.2. The molecule has 1 aliphatic rings. The summed E-state index contributed by atoms with van der Waals surface area (Å²) in [7, 11) is 0. The minimum atomic E-state index is -0.574. The van der Waals surface area contributed by atoms with E-state index in [-0.39, 0.29) is 18.0 Å². The Hall–Kier alpha value is -3.34. The molecule has 11 heteroatoms. The molecule has 4 rings (SSSR count). The Morgan fingerprint density at radius 2 is 1.97 bits per heavy atom. The Morgan fingerprint density at radius 1 is 1.21 bits per heavy atom. The van der Waals surface area contributed by atoms with Gasteiger partial charge in [-0.05, 0) is 46.8 Å². The highest BCUT2D eigenvalue weighted by molar-refractivity contribution is 7.18. The molecule has 1 atom stereocenters. The van der Waals surface area contributed by atoms with E-state index >= 15 is 0 Å². The number of hydrogen-bond acceptors (Lipinski definition) is 9. The number of thiazole rings is 1. The fourth-order valence-corrected chi connectivity index (χ4v) is 4.24. The van der Waals surface area contributed by atoms with Crippen LogP contribution in [-0.2, 0) is 4.74 Å². The number of likely N-dealkylation sites (tertiary alicyclic amines) is 1. The van der Waals surface area contributed by atoms with Crippen molar-refractivity contribution in [2.24, 2.45) is 0 Å². The molecule has 0 aromatic carbocycles. The van der Waals surface area contributed by atoms with E-state index in [1.54, 1.807) is 31.9 Å². The van der Waals surface area contributed by atoms with Gasteiger partial charge in [-0.1, -0.05) is 6.07 Å². The lowest BCUT2D eigenvalue weighted by Crippen LogP contribution is -2.61. The molecule has 10 nitrogen and oxygen atoms in total. The van der Waals surface area contributed by atoms with Gasteiger partial charge >= 0.3 is 6.09 Å². The highest BCUT2D eigenvalue weighted by atomic mass is 32.1. The summed E-state index contributed by atoms with van der Waals surface area (Å²) in [6.45, 7) is 10.0. The van der Waals surface area contributed by atoms with Crippen LogP contribution in [0.4, 0.5) is 10.7 Å². The van der Waals surface area contributed by atoms with Crippen LogP contribution in [0.25, 0.3) is 10.3 Å². The third-order valence-corrected chi connectivity index (χ3v) is 5.90. The number of alkyl carbamates (subject to hydrolysis) is 1. The highest BCUT2D eigenvalue weighted by Crippen LogP contribution is 2.27. The first-order chi connectivity index (χ1) is 15.6. The third kappa shape index (κ3) is 5.36. The minimum absolute atomic E-state index is 0.155. The zero-order chi connectivity index (χ0) is 23.8. The van der Waals surface area contributed by atoms with Crippen LogP contribution in [0.15, 0.2) is 24.4 Å². The van der Waals surface area contributed by atoms with Crippen molar-refractivity contribution >= 4 is 39.6 Å². The number of aromatic nitrogens is 4. The fourth-order valence-electron chi connectivity index (χ4n) is 3.40. The summed E-state index contributed by atoms with van der Waals surface area (Å²) < 4.78 is 5.93. The van der Waals surface area contributed by atoms with E-state index in [9.17, 15) is 9.59 Å². The van der Waals surface area contributed by atoms with E-state index in [0.717, 1.165) is 10.7 Å². The van der Waals surface area contributed by atoms with E-state index in [2.05, 4.69) is 30.6 Å². The summed E-state index contributed by atoms with van der Waals surface area (Å²) in [6.07, 6.45) is 1.24. The average molecular weight is 470 g/mol. The molecule has 3 aromatic heterocycles. The molecule has 4 heterocycles. The van der Waals surface area contributed by atoms with E-state index in [4.69, 9.17) is 4.74 Å². The number of carbonyl (C=O) groups excluding carboxylic acids is 2. The van der Waals surface area contributed by atoms with E-state index in [1.165, 1.54) is 11.3 Å². The molecule has 33 heavy (non-hydrogen) atoms. The molecule has 0 unspecified atom stereocenters. The van der Waals surface area contributed by atoms with Gasteiger partial charge in [0.05, 0.1) is 22.8 Å². The van der Waals surface area contributed by atoms with E-state index < -0.39 is 11.7 Å². The second-order valence-corrected chi connectivity index (χ2v) is 10.2. The lowest BCUT2D eigenvalue weighted by Gasteiger charge is -2.39. The van der Waals surface area contributed by atoms with Crippen molar-refractivity contribution < 1.29 is 14.3 Å². The quantitative estimate of drug-likeness (QED) is 0.584. The minimum Gasteiger partial charge on any atom is -0.444 e. The summed E-state index contributed by atoms with van der Waals surface area (Å²) in [5.41, 5.74) is 1.05. The number of hydrogen-bond donors (Lipinski definition) is 2. The molecule has 1 saturated heterocycles. The summed E-state index contributed by atoms with van der Waals surface area (Å²) in [4.78, 5) is 44.7. The van der Waals surface area contributed by atoms with E-state index in [0.29, 0.717) is 35.1 Å². The van der Waals surface area contributed by atoms with Crippen LogP contribution >= 0.6 is 11.3 Å². The maximum atomic E-state index is 13.2. The van der Waals surface area contributed by atoms with Crippen molar-refractivity contribution in [2.75, 3.05) is 18.4 Å². The number of amides is 2. The SMILES string of the molecule is Cc1nc2nc(N[C@@H](C)c3ccccn3)nc(C(=O)N3CC(NC(=O)OC(C)(C)C)C3)c2s1. The summed E-state index contributed by atoms with van der Waals surface area (Å²) >= 11 is 1.39. The largest absolute Gasteiger partial charge is 0.444 e. The number of nitrogens with zero attached hydrogens (tertiary/aromatic N) is 5. The lowest BCUT2D eigenvalue weighted by atomic mass is 10.1. The molecule has 2 N–H and O–H groups in total. The van der Waals surface area contributed by atoms with Crippen LogP contribution in [-0.4, -0.2) is 61.6 Å². The standard InChI is InChI=1S/C22H27N7O3S/c1-12(15-8-6-7-9-23-15)24-20-27-16(17-18(28-20)25-13(2)33-17)19(30)29-10-14(11-29)26-21(31)32-22(3,4)5/h6-9,12,14H,10-11H2,1-5H3,(H,26,31)(H,24,27,28)/t12-/m0/s1. The van der Waals surface area contributed by atoms with Gasteiger partial charge in [0.2, 0.25) is 5.95 Å². The van der Waals surface area contributed by atoms with Gasteiger partial charge in [-0.3, -0.25) is 9.78 Å². The van der Waals surface area contributed by atoms with Crippen LogP contribution < -0.4 is 10.6 Å². The molecular formula is C22H27N7O3S. The molecular weight excluding hydrogens is 442 g/mol. The number of carbonyl (C=O) groups is 2. The first kappa shape index (κ1) is 22.8. The smallest absolute Gasteiger partial charge is 0.407 e. The predicted molar refractivity (Wildman–Crippen MR) is 125 cm³/mol. The maximum Gasteiger partial charge on any atom is 0.407 e. The van der Waals surface area contributed by atoms with Gasteiger partial charge in [0, 0.05) is 19.3 Å². The molecule has 1 aliphatic heterocycles. The summed E-state index contributed by atoms with van der Waals surface area (Å²) in [6, 6.07) is 5.36. The van der Waals surface area contributed by atoms with Gasteiger partial charge < -0.3 is 20.3 Å². The van der Waals surface area contributed by atoms with Gasteiger partial charge in [0.15, 0.2) is 11.3 Å². The second-order valence-electron chi connectivity index (χ2n) is 8.96. The molecule has 0 saturated carbocycles. The lowest BCUT2D eigenvalue weighted by molar-refractivity contribution is 0.0358. The van der Waals surface area contributed by atoms with Gasteiger partial charge in [-0.25, -0.2) is 14.8 Å². The Bertz CT molecular complexity index is 1170. The Balaban J connectivity index is 1.49. The van der Waals surface area contributed by atoms with Gasteiger partial charge in [0.25, 0.3) is 5.91 Å². The number of fused-ring (bicyclic) bond motifs is 1. The second kappa shape index (κ2) is 8.89. The number of aryl methyl sites for hydroxylation is 1. The molecule has 3 aromatic rings. The van der Waals surface area contributed by atoms with Crippen LogP contribution in [0.1, 0.15) is 54.9 Å². The zero-order valence-electron chi connectivity index (χ0n) is 19.2. The number of nitrogens with one attached hydrogen (secondary N) is 2. The molecule has 0 radical (unpaired) electrons. The zero-order valence-corrected chi connectivity index (χ0v) is 20.1. The molecule has 0 bridgehead atoms. The van der Waals surface area contributed by atoms with Gasteiger partial charge in [-0.15, -0.1) is 11.3 Å². The Labute approximate surface area is 195 Å². The van der Waals surface area contributed by atoms with Crippen molar-refractivity contribution in [2.45, 2.75) is 52.3 Å². The Morgan fingerprint density at radius 3 is 2.64 bits per heavy atom. The molecule has 2 amide bonds. The van der Waals surface area contributed by atoms with Crippen molar-refractivity contribution in [1.82, 2.24) is 30.2 Å². The van der Waals surface area contributed by atoms with Crippen LogP contribution in [0, 0.1) is 6.92 Å². The normalized spacial score (nSPS) is 15.1. The van der Waals surface area contributed by atoms with Crippen LogP contribution in [0.3, 0.4) is 0 Å². The van der Waals surface area contributed by atoms with Crippen molar-refractivity contribution in [3.05, 3.63) is 40.8 Å². The fraction of sp³-hybridized carbons (Fsp3) is 0.455. The van der Waals surface area contributed by atoms with Gasteiger partial charge in [0.1, 0.15) is 10.3 Å². The number of ether oxygens (including phenoxy) is 1. The van der Waals surface area contributed by atoms with Crippen molar-refractivity contribution in [3.63, 3.8) is 0 Å². The van der Waals surface area contributed by atoms with Gasteiger partial charge in [-0.2, -0.15) is 4.98 Å². The number of anilines is 1. The first-order valence-corrected chi connectivity index (χ1v) is 11.5. The molecule has 174 valence electrons. The average Bonchev–Trinajstić information content (AvgIpc) is 3.08. The van der Waals surface area contributed by atoms with Crippen LogP contribution in [0.5, 0.6) is 0 Å². The van der Waals surface area contributed by atoms with Crippen molar-refractivity contribution in [3.8, 4) is 0 Å². The number of rotatable bonds is 5. The highest BCUT2D eigenvalue weighted by Gasteiger charge is 2.35. The first-order valence-electron chi connectivity index (χ1n) is 10.7. The summed E-state index contributed by atoms with van der Waals surface area (Å²) in [5.74, 6) is 0.0973. The van der Waals surface area contributed by atoms with E-state index in [1.807, 2.05) is 32.0 Å². The Kier molecular flexibility index (Phi) is 6.15. The number of pyridine rings is 1. The molecule has 0 spiro atoms.